The number of nitrogens with zero attached hydrogens (tertiary/aromatic N) is 5. The van der Waals surface area contributed by atoms with Crippen LogP contribution in [0.5, 0.6) is 0 Å². The molecule has 2 aromatic heterocycles. The van der Waals surface area contributed by atoms with Crippen molar-refractivity contribution >= 4 is 16.6 Å². The van der Waals surface area contributed by atoms with Crippen molar-refractivity contribution in [1.82, 2.24) is 25.0 Å². The first kappa shape index (κ1) is 14.4. The van der Waals surface area contributed by atoms with Crippen LogP contribution in [0.1, 0.15) is 25.3 Å². The lowest BCUT2D eigenvalue weighted by Gasteiger charge is -2.07. The van der Waals surface area contributed by atoms with Crippen molar-refractivity contribution < 1.29 is 0 Å². The molecule has 0 atom stereocenters. The third-order valence-corrected chi connectivity index (χ3v) is 4.03. The third kappa shape index (κ3) is 2.32. The molecule has 0 bridgehead atoms. The molecule has 24 heavy (non-hydrogen) atoms. The summed E-state index contributed by atoms with van der Waals surface area (Å²) < 4.78 is 1.31. The van der Waals surface area contributed by atoms with Gasteiger partial charge in [0.1, 0.15) is 0 Å². The van der Waals surface area contributed by atoms with Crippen molar-refractivity contribution in [2.45, 2.75) is 19.8 Å². The van der Waals surface area contributed by atoms with Crippen molar-refractivity contribution in [1.29, 1.82) is 0 Å². The molecule has 0 aliphatic heterocycles. The molecular weight excluding hydrogens is 302 g/mol. The average molecular weight is 317 g/mol. The zero-order chi connectivity index (χ0) is 16.7. The van der Waals surface area contributed by atoms with E-state index in [9.17, 15) is 4.79 Å². The van der Waals surface area contributed by atoms with Gasteiger partial charge in [0.15, 0.2) is 11.3 Å². The summed E-state index contributed by atoms with van der Waals surface area (Å²) in [5, 5.41) is 13.2. The van der Waals surface area contributed by atoms with Gasteiger partial charge < -0.3 is 0 Å². The predicted octanol–water partition coefficient (Wildman–Crippen LogP) is 2.82. The summed E-state index contributed by atoms with van der Waals surface area (Å²) in [7, 11) is 0. The lowest BCUT2D eigenvalue weighted by molar-refractivity contribution is 0.704. The SMILES string of the molecule is CC(C)c1ccc(-c2nn3nnc4ccccc4c3nc2=O)cc1. The van der Waals surface area contributed by atoms with Gasteiger partial charge in [0.05, 0.1) is 5.52 Å². The Hall–Kier alpha value is -3.15. The Balaban J connectivity index is 1.92. The molecule has 0 unspecified atom stereocenters. The standard InChI is InChI=1S/C18H15N5O/c1-11(2)12-7-9-13(10-8-12)16-18(24)19-17-14-5-3-4-6-15(14)20-22-23(17)21-16/h3-11H,1-2H3. The first-order valence-corrected chi connectivity index (χ1v) is 7.76. The van der Waals surface area contributed by atoms with Crippen LogP contribution in [0.3, 0.4) is 0 Å². The smallest absolute Gasteiger partial charge is 0.265 e. The lowest BCUT2D eigenvalue weighted by atomic mass is 10.0. The van der Waals surface area contributed by atoms with Crippen LogP contribution in [-0.2, 0) is 0 Å². The first-order valence-electron chi connectivity index (χ1n) is 7.76. The van der Waals surface area contributed by atoms with E-state index in [-0.39, 0.29) is 11.3 Å². The number of fused-ring (bicyclic) bond motifs is 3. The Labute approximate surface area is 137 Å². The fourth-order valence-electron chi connectivity index (χ4n) is 2.66. The molecule has 0 saturated heterocycles. The molecule has 0 aliphatic rings. The number of hydrogen-bond acceptors (Lipinski definition) is 5. The van der Waals surface area contributed by atoms with Crippen LogP contribution in [-0.4, -0.2) is 25.0 Å². The summed E-state index contributed by atoms with van der Waals surface area (Å²) >= 11 is 0. The second kappa shape index (κ2) is 5.49. The van der Waals surface area contributed by atoms with E-state index in [0.717, 1.165) is 10.9 Å². The van der Waals surface area contributed by atoms with Gasteiger partial charge in [-0.15, -0.1) is 14.8 Å². The molecule has 6 nitrogen and oxygen atoms in total. The molecule has 0 amide bonds. The van der Waals surface area contributed by atoms with Gasteiger partial charge in [0.2, 0.25) is 0 Å². The molecule has 6 heteroatoms. The summed E-state index contributed by atoms with van der Waals surface area (Å²) in [4.78, 5) is 16.6. The highest BCUT2D eigenvalue weighted by atomic mass is 16.1. The van der Waals surface area contributed by atoms with Gasteiger partial charge in [-0.05, 0) is 28.8 Å². The van der Waals surface area contributed by atoms with Gasteiger partial charge in [0, 0.05) is 10.9 Å². The Bertz CT molecular complexity index is 1100. The first-order chi connectivity index (χ1) is 11.6. The van der Waals surface area contributed by atoms with E-state index in [1.165, 1.54) is 10.2 Å². The van der Waals surface area contributed by atoms with Crippen LogP contribution in [0.15, 0.2) is 53.3 Å². The highest BCUT2D eigenvalue weighted by Gasteiger charge is 2.12. The molecule has 2 aromatic carbocycles. The van der Waals surface area contributed by atoms with Crippen LogP contribution in [0, 0.1) is 0 Å². The normalized spacial score (nSPS) is 11.5. The maximum absolute atomic E-state index is 12.5. The van der Waals surface area contributed by atoms with Gasteiger partial charge in [-0.3, -0.25) is 4.79 Å². The van der Waals surface area contributed by atoms with E-state index in [1.54, 1.807) is 0 Å². The minimum atomic E-state index is -0.370. The number of hydrogen-bond donors (Lipinski definition) is 0. The molecule has 2 heterocycles. The van der Waals surface area contributed by atoms with E-state index in [1.807, 2.05) is 48.5 Å². The van der Waals surface area contributed by atoms with Crippen molar-refractivity contribution in [3.63, 3.8) is 0 Å². The molecule has 0 N–H and O–H groups in total. The number of benzene rings is 2. The molecular formula is C18H15N5O. The maximum Gasteiger partial charge on any atom is 0.300 e. The second-order valence-corrected chi connectivity index (χ2v) is 5.96. The molecule has 0 saturated carbocycles. The molecule has 4 rings (SSSR count). The van der Waals surface area contributed by atoms with E-state index < -0.39 is 0 Å². The lowest BCUT2D eigenvalue weighted by Crippen LogP contribution is -2.18. The van der Waals surface area contributed by atoms with Gasteiger partial charge in [-0.1, -0.05) is 50.2 Å². The molecule has 0 fully saturated rings. The van der Waals surface area contributed by atoms with Crippen molar-refractivity contribution in [2.75, 3.05) is 0 Å². The average Bonchev–Trinajstić information content (AvgIpc) is 2.61. The van der Waals surface area contributed by atoms with E-state index in [4.69, 9.17) is 0 Å². The van der Waals surface area contributed by atoms with Crippen LogP contribution in [0.2, 0.25) is 0 Å². The summed E-state index contributed by atoms with van der Waals surface area (Å²) in [5.41, 5.74) is 2.92. The fraction of sp³-hybridized carbons (Fsp3) is 0.167. The molecule has 0 spiro atoms. The Morgan fingerprint density at radius 2 is 1.75 bits per heavy atom. The minimum absolute atomic E-state index is 0.271. The zero-order valence-corrected chi connectivity index (χ0v) is 13.3. The van der Waals surface area contributed by atoms with Gasteiger partial charge in [-0.25, -0.2) is 0 Å². The maximum atomic E-state index is 12.5. The highest BCUT2D eigenvalue weighted by Crippen LogP contribution is 2.20. The van der Waals surface area contributed by atoms with Crippen LogP contribution >= 0.6 is 0 Å². The summed E-state index contributed by atoms with van der Waals surface area (Å²) in [6.45, 7) is 4.25. The van der Waals surface area contributed by atoms with E-state index in [0.29, 0.717) is 17.1 Å². The van der Waals surface area contributed by atoms with Crippen LogP contribution in [0.25, 0.3) is 27.8 Å². The highest BCUT2D eigenvalue weighted by molar-refractivity contribution is 5.90. The zero-order valence-electron chi connectivity index (χ0n) is 13.3. The quantitative estimate of drug-likeness (QED) is 0.532. The molecule has 4 aromatic rings. The Morgan fingerprint density at radius 1 is 1.00 bits per heavy atom. The van der Waals surface area contributed by atoms with Crippen molar-refractivity contribution in [3.8, 4) is 11.3 Å². The monoisotopic (exact) mass is 317 g/mol. The topological polar surface area (TPSA) is 73.0 Å². The summed E-state index contributed by atoms with van der Waals surface area (Å²) in [5.74, 6) is 0.431. The predicted molar refractivity (Wildman–Crippen MR) is 91.9 cm³/mol. The number of rotatable bonds is 2. The van der Waals surface area contributed by atoms with E-state index >= 15 is 0 Å². The van der Waals surface area contributed by atoms with Crippen LogP contribution in [0.4, 0.5) is 0 Å². The Kier molecular flexibility index (Phi) is 3.30. The molecule has 0 radical (unpaired) electrons. The fourth-order valence-corrected chi connectivity index (χ4v) is 2.66. The molecule has 0 aliphatic carbocycles. The van der Waals surface area contributed by atoms with Gasteiger partial charge in [0.25, 0.3) is 5.56 Å². The summed E-state index contributed by atoms with van der Waals surface area (Å²) in [6, 6.07) is 15.2. The van der Waals surface area contributed by atoms with Crippen LogP contribution < -0.4 is 5.56 Å². The van der Waals surface area contributed by atoms with Gasteiger partial charge in [-0.2, -0.15) is 4.98 Å². The second-order valence-electron chi connectivity index (χ2n) is 5.96. The van der Waals surface area contributed by atoms with Crippen molar-refractivity contribution in [2.24, 2.45) is 0 Å². The molecule has 118 valence electrons. The van der Waals surface area contributed by atoms with Crippen molar-refractivity contribution in [3.05, 3.63) is 64.4 Å². The minimum Gasteiger partial charge on any atom is -0.265 e. The Morgan fingerprint density at radius 3 is 2.50 bits per heavy atom. The largest absolute Gasteiger partial charge is 0.300 e. The number of aromatic nitrogens is 5. The van der Waals surface area contributed by atoms with E-state index in [2.05, 4.69) is 34.2 Å². The van der Waals surface area contributed by atoms with Gasteiger partial charge >= 0.3 is 0 Å². The third-order valence-electron chi connectivity index (χ3n) is 4.03. The summed E-state index contributed by atoms with van der Waals surface area (Å²) in [6.07, 6.45) is 0.